The Kier molecular flexibility index (Phi) is 4.74. The first-order chi connectivity index (χ1) is 9.39. The quantitative estimate of drug-likeness (QED) is 0.884. The van der Waals surface area contributed by atoms with E-state index in [1.165, 1.54) is 12.8 Å². The number of nitrogens with one attached hydrogen (secondary N) is 1. The molecule has 0 spiro atoms. The van der Waals surface area contributed by atoms with E-state index in [0.717, 1.165) is 18.4 Å². The van der Waals surface area contributed by atoms with Crippen LogP contribution < -0.4 is 5.32 Å². The van der Waals surface area contributed by atoms with Crippen LogP contribution in [0.2, 0.25) is 5.02 Å². The predicted molar refractivity (Wildman–Crippen MR) is 84.0 cm³/mol. The van der Waals surface area contributed by atoms with Crippen LogP contribution in [0.25, 0.3) is 0 Å². The number of carbonyl (C=O) groups excluding carboxylic acids is 1. The molecule has 0 heterocycles. The molecule has 3 heteroatoms. The molecule has 20 heavy (non-hydrogen) atoms. The van der Waals surface area contributed by atoms with Gasteiger partial charge in [0.15, 0.2) is 0 Å². The number of rotatable bonds is 3. The molecular weight excluding hydrogens is 270 g/mol. The van der Waals surface area contributed by atoms with Crippen molar-refractivity contribution in [3.8, 4) is 0 Å². The van der Waals surface area contributed by atoms with Crippen molar-refractivity contribution >= 4 is 17.5 Å². The van der Waals surface area contributed by atoms with Crippen molar-refractivity contribution in [2.75, 3.05) is 0 Å². The van der Waals surface area contributed by atoms with E-state index in [9.17, 15) is 4.79 Å². The fourth-order valence-electron chi connectivity index (χ4n) is 2.93. The second-order valence-corrected chi connectivity index (χ2v) is 7.01. The Balaban J connectivity index is 2.04. The van der Waals surface area contributed by atoms with E-state index in [1.54, 1.807) is 0 Å². The van der Waals surface area contributed by atoms with Gasteiger partial charge in [0.1, 0.15) is 0 Å². The van der Waals surface area contributed by atoms with Crippen molar-refractivity contribution in [2.45, 2.75) is 57.9 Å². The summed E-state index contributed by atoms with van der Waals surface area (Å²) in [4.78, 5) is 12.6. The summed E-state index contributed by atoms with van der Waals surface area (Å²) in [5.41, 5.74) is 0.480. The van der Waals surface area contributed by atoms with Crippen LogP contribution >= 0.6 is 11.6 Å². The first-order valence-electron chi connectivity index (χ1n) is 7.46. The largest absolute Gasteiger partial charge is 0.353 e. The van der Waals surface area contributed by atoms with Gasteiger partial charge in [-0.25, -0.2) is 0 Å². The molecule has 2 atom stereocenters. The highest BCUT2D eigenvalue weighted by molar-refractivity contribution is 6.30. The molecule has 1 fully saturated rings. The van der Waals surface area contributed by atoms with E-state index in [-0.39, 0.29) is 5.91 Å². The molecule has 1 amide bonds. The summed E-state index contributed by atoms with van der Waals surface area (Å²) in [7, 11) is 0. The highest BCUT2D eigenvalue weighted by atomic mass is 35.5. The Labute approximate surface area is 126 Å². The van der Waals surface area contributed by atoms with Gasteiger partial charge < -0.3 is 5.32 Å². The van der Waals surface area contributed by atoms with Gasteiger partial charge in [-0.05, 0) is 50.3 Å². The highest BCUT2D eigenvalue weighted by Crippen LogP contribution is 2.27. The van der Waals surface area contributed by atoms with Gasteiger partial charge in [-0.15, -0.1) is 0 Å². The lowest BCUT2D eigenvalue weighted by Gasteiger charge is -2.31. The van der Waals surface area contributed by atoms with Crippen molar-refractivity contribution in [3.63, 3.8) is 0 Å². The molecule has 1 aliphatic rings. The van der Waals surface area contributed by atoms with Gasteiger partial charge in [-0.2, -0.15) is 0 Å². The van der Waals surface area contributed by atoms with Crippen molar-refractivity contribution in [3.05, 3.63) is 34.9 Å². The molecule has 1 N–H and O–H groups in total. The molecule has 2 unspecified atom stereocenters. The van der Waals surface area contributed by atoms with E-state index in [1.807, 2.05) is 38.1 Å². The zero-order chi connectivity index (χ0) is 14.8. The Bertz CT molecular complexity index is 466. The third-order valence-electron chi connectivity index (χ3n) is 4.41. The summed E-state index contributed by atoms with van der Waals surface area (Å²) in [5.74, 6) is 0.826. The molecule has 1 aromatic rings. The molecule has 1 aliphatic carbocycles. The number of halogens is 1. The maximum Gasteiger partial charge on any atom is 0.230 e. The SMILES string of the molecule is CC1CCCC(NC(=O)C(C)(C)c2ccc(Cl)cc2)C1. The van der Waals surface area contributed by atoms with Crippen LogP contribution in [-0.2, 0) is 10.2 Å². The molecule has 0 aromatic heterocycles. The average Bonchev–Trinajstić information content (AvgIpc) is 2.39. The first-order valence-corrected chi connectivity index (χ1v) is 7.84. The van der Waals surface area contributed by atoms with Crippen LogP contribution in [0.3, 0.4) is 0 Å². The first kappa shape index (κ1) is 15.4. The molecule has 1 saturated carbocycles. The van der Waals surface area contributed by atoms with Gasteiger partial charge in [-0.1, -0.05) is 43.5 Å². The fraction of sp³-hybridized carbons (Fsp3) is 0.588. The van der Waals surface area contributed by atoms with Gasteiger partial charge in [-0.3, -0.25) is 4.79 Å². The molecular formula is C17H24ClNO. The summed E-state index contributed by atoms with van der Waals surface area (Å²) in [6.07, 6.45) is 4.70. The molecule has 110 valence electrons. The normalized spacial score (nSPS) is 23.4. The monoisotopic (exact) mass is 293 g/mol. The molecule has 1 aromatic carbocycles. The fourth-order valence-corrected chi connectivity index (χ4v) is 3.05. The van der Waals surface area contributed by atoms with E-state index in [0.29, 0.717) is 17.0 Å². The van der Waals surface area contributed by atoms with Gasteiger partial charge in [0.05, 0.1) is 5.41 Å². The third kappa shape index (κ3) is 3.54. The van der Waals surface area contributed by atoms with E-state index >= 15 is 0 Å². The van der Waals surface area contributed by atoms with Gasteiger partial charge in [0.2, 0.25) is 5.91 Å². The summed E-state index contributed by atoms with van der Waals surface area (Å²) >= 11 is 5.91. The number of carbonyl (C=O) groups is 1. The Morgan fingerprint density at radius 3 is 2.50 bits per heavy atom. The van der Waals surface area contributed by atoms with Crippen molar-refractivity contribution in [1.82, 2.24) is 5.32 Å². The second kappa shape index (κ2) is 6.17. The standard InChI is InChI=1S/C17H24ClNO/c1-12-5-4-6-15(11-12)19-16(20)17(2,3)13-7-9-14(18)10-8-13/h7-10,12,15H,4-6,11H2,1-3H3,(H,19,20). The number of hydrogen-bond acceptors (Lipinski definition) is 1. The molecule has 0 saturated heterocycles. The lowest BCUT2D eigenvalue weighted by Crippen LogP contribution is -2.46. The van der Waals surface area contributed by atoms with Gasteiger partial charge >= 0.3 is 0 Å². The Hall–Kier alpha value is -1.02. The predicted octanol–water partition coefficient (Wildman–Crippen LogP) is 4.31. The maximum absolute atomic E-state index is 12.6. The average molecular weight is 294 g/mol. The smallest absolute Gasteiger partial charge is 0.230 e. The zero-order valence-corrected chi connectivity index (χ0v) is 13.3. The van der Waals surface area contributed by atoms with Crippen LogP contribution in [0.1, 0.15) is 52.0 Å². The lowest BCUT2D eigenvalue weighted by atomic mass is 9.82. The van der Waals surface area contributed by atoms with Crippen LogP contribution in [0, 0.1) is 5.92 Å². The summed E-state index contributed by atoms with van der Waals surface area (Å²) in [6.45, 7) is 6.21. The summed E-state index contributed by atoms with van der Waals surface area (Å²) in [5, 5.41) is 3.93. The highest BCUT2D eigenvalue weighted by Gasteiger charge is 2.32. The Morgan fingerprint density at radius 2 is 1.90 bits per heavy atom. The van der Waals surface area contributed by atoms with Crippen molar-refractivity contribution in [1.29, 1.82) is 0 Å². The molecule has 2 rings (SSSR count). The third-order valence-corrected chi connectivity index (χ3v) is 4.66. The minimum Gasteiger partial charge on any atom is -0.353 e. The van der Waals surface area contributed by atoms with Crippen LogP contribution in [-0.4, -0.2) is 11.9 Å². The Morgan fingerprint density at radius 1 is 1.25 bits per heavy atom. The number of benzene rings is 1. The van der Waals surface area contributed by atoms with Gasteiger partial charge in [0.25, 0.3) is 0 Å². The summed E-state index contributed by atoms with van der Waals surface area (Å²) < 4.78 is 0. The van der Waals surface area contributed by atoms with E-state index in [4.69, 9.17) is 11.6 Å². The molecule has 0 aliphatic heterocycles. The van der Waals surface area contributed by atoms with E-state index < -0.39 is 5.41 Å². The van der Waals surface area contributed by atoms with E-state index in [2.05, 4.69) is 12.2 Å². The summed E-state index contributed by atoms with van der Waals surface area (Å²) in [6, 6.07) is 7.89. The number of hydrogen-bond donors (Lipinski definition) is 1. The van der Waals surface area contributed by atoms with Crippen molar-refractivity contribution < 1.29 is 4.79 Å². The molecule has 2 nitrogen and oxygen atoms in total. The topological polar surface area (TPSA) is 29.1 Å². The molecule has 0 bridgehead atoms. The zero-order valence-electron chi connectivity index (χ0n) is 12.6. The van der Waals surface area contributed by atoms with Crippen LogP contribution in [0.5, 0.6) is 0 Å². The second-order valence-electron chi connectivity index (χ2n) is 6.57. The van der Waals surface area contributed by atoms with Crippen molar-refractivity contribution in [2.24, 2.45) is 5.92 Å². The number of amides is 1. The molecule has 0 radical (unpaired) electrons. The minimum atomic E-state index is -0.523. The maximum atomic E-state index is 12.6. The lowest BCUT2D eigenvalue weighted by molar-refractivity contribution is -0.126. The van der Waals surface area contributed by atoms with Gasteiger partial charge in [0, 0.05) is 11.1 Å². The minimum absolute atomic E-state index is 0.110. The van der Waals surface area contributed by atoms with Crippen LogP contribution in [0.15, 0.2) is 24.3 Å². The van der Waals surface area contributed by atoms with Crippen LogP contribution in [0.4, 0.5) is 0 Å².